The van der Waals surface area contributed by atoms with E-state index in [0.29, 0.717) is 5.92 Å². The lowest BCUT2D eigenvalue weighted by Gasteiger charge is -2.20. The molecule has 0 heterocycles. The summed E-state index contributed by atoms with van der Waals surface area (Å²) in [7, 11) is 0. The molecule has 0 bridgehead atoms. The molecular formula is C13H16Br2O. The Bertz CT molecular complexity index is 384. The van der Waals surface area contributed by atoms with Crippen molar-refractivity contribution in [3.05, 3.63) is 32.2 Å². The first-order valence-electron chi connectivity index (χ1n) is 5.73. The number of aliphatic hydroxyl groups excluding tert-OH is 1. The normalized spacial score (nSPS) is 19.0. The fraction of sp³-hybridized carbons (Fsp3) is 0.538. The van der Waals surface area contributed by atoms with E-state index < -0.39 is 0 Å². The summed E-state index contributed by atoms with van der Waals surface area (Å²) in [5.41, 5.74) is 2.21. The van der Waals surface area contributed by atoms with Crippen LogP contribution in [0.3, 0.4) is 0 Å². The number of halogens is 2. The first-order valence-corrected chi connectivity index (χ1v) is 7.32. The average Bonchev–Trinajstić information content (AvgIpc) is 2.75. The molecule has 1 aliphatic rings. The number of hydrogen-bond acceptors (Lipinski definition) is 1. The van der Waals surface area contributed by atoms with Crippen LogP contribution < -0.4 is 0 Å². The quantitative estimate of drug-likeness (QED) is 0.818. The van der Waals surface area contributed by atoms with E-state index in [1.165, 1.54) is 18.4 Å². The fourth-order valence-electron chi connectivity index (χ4n) is 2.42. The van der Waals surface area contributed by atoms with Crippen molar-refractivity contribution in [2.45, 2.75) is 38.7 Å². The van der Waals surface area contributed by atoms with Crippen LogP contribution in [0.15, 0.2) is 21.1 Å². The molecule has 1 nitrogen and oxygen atoms in total. The van der Waals surface area contributed by atoms with E-state index in [-0.39, 0.29) is 6.10 Å². The molecule has 1 unspecified atom stereocenters. The summed E-state index contributed by atoms with van der Waals surface area (Å²) < 4.78 is 2.09. The molecule has 0 aromatic heterocycles. The van der Waals surface area contributed by atoms with Crippen LogP contribution in [0.1, 0.15) is 42.9 Å². The van der Waals surface area contributed by atoms with Gasteiger partial charge in [0.25, 0.3) is 0 Å². The minimum absolute atomic E-state index is 0.325. The van der Waals surface area contributed by atoms with E-state index in [9.17, 15) is 5.11 Å². The molecule has 16 heavy (non-hydrogen) atoms. The molecule has 1 aliphatic carbocycles. The summed E-state index contributed by atoms with van der Waals surface area (Å²) >= 11 is 7.07. The third-order valence-corrected chi connectivity index (χ3v) is 4.98. The van der Waals surface area contributed by atoms with Crippen LogP contribution >= 0.6 is 31.9 Å². The Labute approximate surface area is 114 Å². The molecule has 1 fully saturated rings. The van der Waals surface area contributed by atoms with Crippen molar-refractivity contribution in [3.8, 4) is 0 Å². The SMILES string of the molecule is Cc1cc(Br)c(C(O)C2CCCC2)cc1Br. The molecule has 1 N–H and O–H groups in total. The highest BCUT2D eigenvalue weighted by Crippen LogP contribution is 2.39. The van der Waals surface area contributed by atoms with Crippen molar-refractivity contribution >= 4 is 31.9 Å². The summed E-state index contributed by atoms with van der Waals surface area (Å²) in [6, 6.07) is 4.11. The number of aryl methyl sites for hydroxylation is 1. The van der Waals surface area contributed by atoms with Gasteiger partial charge in [-0.15, -0.1) is 0 Å². The zero-order chi connectivity index (χ0) is 11.7. The predicted molar refractivity (Wildman–Crippen MR) is 73.5 cm³/mol. The van der Waals surface area contributed by atoms with Gasteiger partial charge < -0.3 is 5.11 Å². The Balaban J connectivity index is 2.28. The smallest absolute Gasteiger partial charge is 0.0829 e. The van der Waals surface area contributed by atoms with Crippen molar-refractivity contribution in [1.82, 2.24) is 0 Å². The number of benzene rings is 1. The molecule has 3 heteroatoms. The first-order chi connectivity index (χ1) is 7.59. The van der Waals surface area contributed by atoms with Gasteiger partial charge in [0, 0.05) is 8.95 Å². The average molecular weight is 348 g/mol. The highest BCUT2D eigenvalue weighted by Gasteiger charge is 2.26. The van der Waals surface area contributed by atoms with Gasteiger partial charge in [0.05, 0.1) is 6.10 Å². The highest BCUT2D eigenvalue weighted by molar-refractivity contribution is 9.11. The highest BCUT2D eigenvalue weighted by atomic mass is 79.9. The topological polar surface area (TPSA) is 20.2 Å². The molecule has 0 saturated heterocycles. The summed E-state index contributed by atoms with van der Waals surface area (Å²) in [6.45, 7) is 2.06. The maximum Gasteiger partial charge on any atom is 0.0829 e. The molecule has 0 amide bonds. The maximum absolute atomic E-state index is 10.4. The molecule has 0 radical (unpaired) electrons. The van der Waals surface area contributed by atoms with E-state index in [4.69, 9.17) is 0 Å². The maximum atomic E-state index is 10.4. The van der Waals surface area contributed by atoms with Crippen molar-refractivity contribution in [3.63, 3.8) is 0 Å². The molecular weight excluding hydrogens is 332 g/mol. The van der Waals surface area contributed by atoms with Gasteiger partial charge in [-0.3, -0.25) is 0 Å². The Kier molecular flexibility index (Phi) is 4.09. The fourth-order valence-corrected chi connectivity index (χ4v) is 3.47. The van der Waals surface area contributed by atoms with Crippen LogP contribution in [0, 0.1) is 12.8 Å². The molecule has 2 rings (SSSR count). The number of aliphatic hydroxyl groups is 1. The summed E-state index contributed by atoms with van der Waals surface area (Å²) in [5, 5.41) is 10.4. The van der Waals surface area contributed by atoms with Gasteiger partial charge in [-0.1, -0.05) is 44.7 Å². The third kappa shape index (κ3) is 2.52. The van der Waals surface area contributed by atoms with Crippen LogP contribution in [0.25, 0.3) is 0 Å². The minimum Gasteiger partial charge on any atom is -0.388 e. The standard InChI is InChI=1S/C13H16Br2O/c1-8-6-12(15)10(7-11(8)14)13(16)9-4-2-3-5-9/h6-7,9,13,16H,2-5H2,1H3. The molecule has 0 aliphatic heterocycles. The Morgan fingerprint density at radius 1 is 1.19 bits per heavy atom. The molecule has 1 aromatic rings. The lowest BCUT2D eigenvalue weighted by atomic mass is 9.94. The zero-order valence-corrected chi connectivity index (χ0v) is 12.5. The first kappa shape index (κ1) is 12.6. The molecule has 1 saturated carbocycles. The predicted octanol–water partition coefficient (Wildman–Crippen LogP) is 4.74. The van der Waals surface area contributed by atoms with Gasteiger partial charge in [-0.05, 0) is 48.9 Å². The second-order valence-electron chi connectivity index (χ2n) is 4.61. The van der Waals surface area contributed by atoms with Gasteiger partial charge >= 0.3 is 0 Å². The summed E-state index contributed by atoms with van der Waals surface area (Å²) in [5.74, 6) is 0.436. The van der Waals surface area contributed by atoms with Gasteiger partial charge in [-0.25, -0.2) is 0 Å². The van der Waals surface area contributed by atoms with Gasteiger partial charge in [-0.2, -0.15) is 0 Å². The van der Waals surface area contributed by atoms with E-state index >= 15 is 0 Å². The van der Waals surface area contributed by atoms with E-state index in [2.05, 4.69) is 44.8 Å². The van der Waals surface area contributed by atoms with Crippen molar-refractivity contribution in [2.24, 2.45) is 5.92 Å². The van der Waals surface area contributed by atoms with Gasteiger partial charge in [0.1, 0.15) is 0 Å². The van der Waals surface area contributed by atoms with Crippen molar-refractivity contribution in [1.29, 1.82) is 0 Å². The van der Waals surface area contributed by atoms with Crippen LogP contribution in [0.2, 0.25) is 0 Å². The largest absolute Gasteiger partial charge is 0.388 e. The summed E-state index contributed by atoms with van der Waals surface area (Å²) in [4.78, 5) is 0. The van der Waals surface area contributed by atoms with E-state index in [1.807, 2.05) is 6.07 Å². The van der Waals surface area contributed by atoms with Crippen LogP contribution in [-0.4, -0.2) is 5.11 Å². The minimum atomic E-state index is -0.325. The Morgan fingerprint density at radius 3 is 2.44 bits per heavy atom. The van der Waals surface area contributed by atoms with E-state index in [1.54, 1.807) is 0 Å². The van der Waals surface area contributed by atoms with Crippen LogP contribution in [-0.2, 0) is 0 Å². The Hall–Kier alpha value is 0.140. The van der Waals surface area contributed by atoms with Gasteiger partial charge in [0.2, 0.25) is 0 Å². The van der Waals surface area contributed by atoms with Crippen LogP contribution in [0.4, 0.5) is 0 Å². The number of rotatable bonds is 2. The molecule has 0 spiro atoms. The third-order valence-electron chi connectivity index (χ3n) is 3.44. The second-order valence-corrected chi connectivity index (χ2v) is 6.32. The second kappa shape index (κ2) is 5.19. The van der Waals surface area contributed by atoms with Crippen molar-refractivity contribution < 1.29 is 5.11 Å². The summed E-state index contributed by atoms with van der Waals surface area (Å²) in [6.07, 6.45) is 4.49. The number of hydrogen-bond donors (Lipinski definition) is 1. The van der Waals surface area contributed by atoms with Crippen LogP contribution in [0.5, 0.6) is 0 Å². The van der Waals surface area contributed by atoms with Gasteiger partial charge in [0.15, 0.2) is 0 Å². The molecule has 1 atom stereocenters. The van der Waals surface area contributed by atoms with Crippen molar-refractivity contribution in [2.75, 3.05) is 0 Å². The lowest BCUT2D eigenvalue weighted by molar-refractivity contribution is 0.111. The van der Waals surface area contributed by atoms with E-state index in [0.717, 1.165) is 27.4 Å². The lowest BCUT2D eigenvalue weighted by Crippen LogP contribution is -2.09. The monoisotopic (exact) mass is 346 g/mol. The molecule has 1 aromatic carbocycles. The molecule has 88 valence electrons. The zero-order valence-electron chi connectivity index (χ0n) is 9.34. The Morgan fingerprint density at radius 2 is 1.81 bits per heavy atom.